The molecule has 0 saturated carbocycles. The Balaban J connectivity index is 1.74. The number of nitrogens with two attached hydrogens (primary N) is 1. The Morgan fingerprint density at radius 1 is 0.900 bits per heavy atom. The molecule has 0 fully saturated rings. The fraction of sp³-hybridized carbons (Fsp3) is 0.458. The summed E-state index contributed by atoms with van der Waals surface area (Å²) in [5.74, 6) is 2.12. The first-order chi connectivity index (χ1) is 14.7. The molecule has 0 atom stereocenters. The van der Waals surface area contributed by atoms with Gasteiger partial charge in [-0.3, -0.25) is 4.79 Å². The molecule has 2 rings (SSSR count). The summed E-state index contributed by atoms with van der Waals surface area (Å²) >= 11 is 0. The van der Waals surface area contributed by atoms with Crippen LogP contribution in [0, 0.1) is 0 Å². The van der Waals surface area contributed by atoms with Crippen molar-refractivity contribution in [2.75, 3.05) is 33.9 Å². The van der Waals surface area contributed by atoms with Crippen molar-refractivity contribution in [2.24, 2.45) is 5.73 Å². The van der Waals surface area contributed by atoms with Crippen LogP contribution in [0.5, 0.6) is 17.2 Å². The van der Waals surface area contributed by atoms with Gasteiger partial charge < -0.3 is 25.3 Å². The molecule has 0 spiro atoms. The van der Waals surface area contributed by atoms with Crippen LogP contribution in [0.1, 0.15) is 36.8 Å². The molecule has 0 radical (unpaired) electrons. The Hall–Kier alpha value is -2.73. The van der Waals surface area contributed by atoms with Crippen molar-refractivity contribution in [3.63, 3.8) is 0 Å². The van der Waals surface area contributed by atoms with Crippen molar-refractivity contribution in [3.05, 3.63) is 53.6 Å². The standard InChI is InChI=1S/C24H34N2O4/c1-28-22-13-12-20(17-23(22)29-2)9-6-8-19-10-7-11-21(16-19)30-18-24(27)26-15-5-3-4-14-25/h7,10-13,16-17H,3-6,8-9,14-15,18,25H2,1-2H3,(H,26,27). The van der Waals surface area contributed by atoms with Crippen LogP contribution < -0.4 is 25.3 Å². The number of ether oxygens (including phenoxy) is 3. The number of aryl methyl sites for hydroxylation is 2. The summed E-state index contributed by atoms with van der Waals surface area (Å²) in [5, 5.41) is 2.87. The minimum atomic E-state index is -0.0957. The first-order valence-electron chi connectivity index (χ1n) is 10.6. The van der Waals surface area contributed by atoms with Crippen LogP contribution >= 0.6 is 0 Å². The Morgan fingerprint density at radius 2 is 1.67 bits per heavy atom. The maximum absolute atomic E-state index is 11.9. The highest BCUT2D eigenvalue weighted by Gasteiger charge is 2.06. The minimum Gasteiger partial charge on any atom is -0.493 e. The second-order valence-corrected chi connectivity index (χ2v) is 7.18. The molecule has 3 N–H and O–H groups in total. The van der Waals surface area contributed by atoms with Crippen molar-refractivity contribution >= 4 is 5.91 Å². The van der Waals surface area contributed by atoms with Crippen LogP contribution in [-0.4, -0.2) is 39.8 Å². The molecular weight excluding hydrogens is 380 g/mol. The maximum Gasteiger partial charge on any atom is 0.257 e. The van der Waals surface area contributed by atoms with E-state index >= 15 is 0 Å². The second kappa shape index (κ2) is 13.5. The van der Waals surface area contributed by atoms with Gasteiger partial charge in [-0.2, -0.15) is 0 Å². The highest BCUT2D eigenvalue weighted by molar-refractivity contribution is 5.77. The quantitative estimate of drug-likeness (QED) is 0.462. The van der Waals surface area contributed by atoms with Gasteiger partial charge in [-0.15, -0.1) is 0 Å². The lowest BCUT2D eigenvalue weighted by molar-refractivity contribution is -0.123. The van der Waals surface area contributed by atoms with E-state index in [1.54, 1.807) is 14.2 Å². The molecule has 0 aliphatic rings. The van der Waals surface area contributed by atoms with E-state index in [0.29, 0.717) is 13.1 Å². The van der Waals surface area contributed by atoms with Gasteiger partial charge in [0.2, 0.25) is 0 Å². The summed E-state index contributed by atoms with van der Waals surface area (Å²) in [6, 6.07) is 14.0. The number of carbonyl (C=O) groups excluding carboxylic acids is 1. The third-order valence-corrected chi connectivity index (χ3v) is 4.85. The number of rotatable bonds is 14. The van der Waals surface area contributed by atoms with Gasteiger partial charge in [-0.1, -0.05) is 24.6 Å². The normalized spacial score (nSPS) is 10.5. The fourth-order valence-electron chi connectivity index (χ4n) is 3.20. The Labute approximate surface area is 179 Å². The summed E-state index contributed by atoms with van der Waals surface area (Å²) in [6.07, 6.45) is 5.84. The van der Waals surface area contributed by atoms with Crippen molar-refractivity contribution in [3.8, 4) is 17.2 Å². The third-order valence-electron chi connectivity index (χ3n) is 4.85. The molecule has 0 aromatic heterocycles. The van der Waals surface area contributed by atoms with Crippen LogP contribution in [0.4, 0.5) is 0 Å². The molecule has 0 bridgehead atoms. The lowest BCUT2D eigenvalue weighted by atomic mass is 10.0. The molecule has 1 amide bonds. The van der Waals surface area contributed by atoms with Gasteiger partial charge in [0.25, 0.3) is 5.91 Å². The van der Waals surface area contributed by atoms with E-state index in [1.807, 2.05) is 30.3 Å². The van der Waals surface area contributed by atoms with Crippen LogP contribution in [0.15, 0.2) is 42.5 Å². The molecule has 0 heterocycles. The number of nitrogens with one attached hydrogen (secondary N) is 1. The van der Waals surface area contributed by atoms with Gasteiger partial charge in [-0.25, -0.2) is 0 Å². The molecule has 0 saturated heterocycles. The predicted octanol–water partition coefficient (Wildman–Crippen LogP) is 3.50. The number of hydrogen-bond donors (Lipinski definition) is 2. The van der Waals surface area contributed by atoms with Crippen LogP contribution in [0.3, 0.4) is 0 Å². The average molecular weight is 415 g/mol. The Bertz CT molecular complexity index is 780. The molecule has 0 aliphatic heterocycles. The van der Waals surface area contributed by atoms with Gasteiger partial charge >= 0.3 is 0 Å². The molecule has 6 heteroatoms. The number of benzene rings is 2. The first-order valence-corrected chi connectivity index (χ1v) is 10.6. The molecule has 6 nitrogen and oxygen atoms in total. The number of methoxy groups -OCH3 is 2. The van der Waals surface area contributed by atoms with Gasteiger partial charge in [0.1, 0.15) is 5.75 Å². The zero-order chi connectivity index (χ0) is 21.6. The van der Waals surface area contributed by atoms with Crippen molar-refractivity contribution < 1.29 is 19.0 Å². The number of amides is 1. The highest BCUT2D eigenvalue weighted by Crippen LogP contribution is 2.28. The Kier molecular flexibility index (Phi) is 10.6. The summed E-state index contributed by atoms with van der Waals surface area (Å²) < 4.78 is 16.3. The molecule has 164 valence electrons. The van der Waals surface area contributed by atoms with Gasteiger partial charge in [0, 0.05) is 6.54 Å². The molecule has 0 aliphatic carbocycles. The zero-order valence-corrected chi connectivity index (χ0v) is 18.1. The van der Waals surface area contributed by atoms with E-state index in [1.165, 1.54) is 11.1 Å². The monoisotopic (exact) mass is 414 g/mol. The zero-order valence-electron chi connectivity index (χ0n) is 18.1. The SMILES string of the molecule is COc1ccc(CCCc2cccc(OCC(=O)NCCCCCN)c2)cc1OC. The Morgan fingerprint density at radius 3 is 2.40 bits per heavy atom. The molecular formula is C24H34N2O4. The third kappa shape index (κ3) is 8.33. The summed E-state index contributed by atoms with van der Waals surface area (Å²) in [4.78, 5) is 11.9. The van der Waals surface area contributed by atoms with Crippen molar-refractivity contribution in [1.29, 1.82) is 0 Å². The van der Waals surface area contributed by atoms with E-state index in [2.05, 4.69) is 17.4 Å². The number of unbranched alkanes of at least 4 members (excludes halogenated alkanes) is 2. The average Bonchev–Trinajstić information content (AvgIpc) is 2.77. The van der Waals surface area contributed by atoms with E-state index in [9.17, 15) is 4.79 Å². The molecule has 2 aromatic carbocycles. The first kappa shape index (κ1) is 23.5. The number of carbonyl (C=O) groups is 1. The topological polar surface area (TPSA) is 82.8 Å². The second-order valence-electron chi connectivity index (χ2n) is 7.18. The van der Waals surface area contributed by atoms with Gasteiger partial charge in [0.15, 0.2) is 18.1 Å². The largest absolute Gasteiger partial charge is 0.493 e. The van der Waals surface area contributed by atoms with Crippen molar-refractivity contribution in [2.45, 2.75) is 38.5 Å². The van der Waals surface area contributed by atoms with E-state index in [-0.39, 0.29) is 12.5 Å². The van der Waals surface area contributed by atoms with Crippen LogP contribution in [0.25, 0.3) is 0 Å². The van der Waals surface area contributed by atoms with Gasteiger partial charge in [-0.05, 0) is 74.0 Å². The van der Waals surface area contributed by atoms with Crippen molar-refractivity contribution in [1.82, 2.24) is 5.32 Å². The summed E-state index contributed by atoms with van der Waals surface area (Å²) in [6.45, 7) is 1.39. The number of hydrogen-bond acceptors (Lipinski definition) is 5. The maximum atomic E-state index is 11.9. The molecule has 0 unspecified atom stereocenters. The summed E-state index contributed by atoms with van der Waals surface area (Å²) in [7, 11) is 3.29. The van der Waals surface area contributed by atoms with E-state index in [4.69, 9.17) is 19.9 Å². The lowest BCUT2D eigenvalue weighted by Crippen LogP contribution is -2.29. The smallest absolute Gasteiger partial charge is 0.257 e. The fourth-order valence-corrected chi connectivity index (χ4v) is 3.20. The van der Waals surface area contributed by atoms with Crippen LogP contribution in [-0.2, 0) is 17.6 Å². The lowest BCUT2D eigenvalue weighted by Gasteiger charge is -2.10. The molecule has 30 heavy (non-hydrogen) atoms. The summed E-state index contributed by atoms with van der Waals surface area (Å²) in [5.41, 5.74) is 7.86. The molecule has 2 aromatic rings. The van der Waals surface area contributed by atoms with Crippen LogP contribution in [0.2, 0.25) is 0 Å². The van der Waals surface area contributed by atoms with E-state index < -0.39 is 0 Å². The highest BCUT2D eigenvalue weighted by atomic mass is 16.5. The van der Waals surface area contributed by atoms with E-state index in [0.717, 1.165) is 55.8 Å². The minimum absolute atomic E-state index is 0.0337. The van der Waals surface area contributed by atoms with Gasteiger partial charge in [0.05, 0.1) is 14.2 Å². The predicted molar refractivity (Wildman–Crippen MR) is 119 cm³/mol.